The minimum atomic E-state index is -0.719. The highest BCUT2D eigenvalue weighted by Gasteiger charge is 2.52. The smallest absolute Gasteiger partial charge is 0.255 e. The third-order valence-electron chi connectivity index (χ3n) is 5.85. The predicted octanol–water partition coefficient (Wildman–Crippen LogP) is 2.29. The van der Waals surface area contributed by atoms with Crippen LogP contribution < -0.4 is 9.80 Å². The number of morpholine rings is 1. The molecule has 2 aromatic heterocycles. The highest BCUT2D eigenvalue weighted by molar-refractivity contribution is 6.07. The number of ether oxygens (including phenoxy) is 1. The van der Waals surface area contributed by atoms with E-state index in [9.17, 15) is 4.79 Å². The summed E-state index contributed by atoms with van der Waals surface area (Å²) in [5.41, 5.74) is 0.981. The second-order valence-electron chi connectivity index (χ2n) is 7.32. The normalized spacial score (nSPS) is 21.1. The van der Waals surface area contributed by atoms with Gasteiger partial charge in [0, 0.05) is 31.5 Å². The predicted molar refractivity (Wildman–Crippen MR) is 109 cm³/mol. The number of benzene rings is 1. The Labute approximate surface area is 168 Å². The molecule has 5 rings (SSSR count). The van der Waals surface area contributed by atoms with E-state index in [1.807, 2.05) is 48.0 Å². The summed E-state index contributed by atoms with van der Waals surface area (Å²) in [6, 6.07) is 9.95. The maximum atomic E-state index is 13.2. The van der Waals surface area contributed by atoms with Crippen LogP contribution in [0.3, 0.4) is 0 Å². The Kier molecular flexibility index (Phi) is 4.09. The Morgan fingerprint density at radius 3 is 2.83 bits per heavy atom. The third-order valence-corrected chi connectivity index (χ3v) is 5.85. The van der Waals surface area contributed by atoms with Gasteiger partial charge in [0.05, 0.1) is 19.4 Å². The number of imidazole rings is 1. The molecule has 0 saturated carbocycles. The SMILES string of the molecule is CCC12COCCN1c1nc(-n3ccnc3-c3ccccc3)ncc1N(C)C2=O. The van der Waals surface area contributed by atoms with Gasteiger partial charge in [-0.05, 0) is 6.42 Å². The highest BCUT2D eigenvalue weighted by Crippen LogP contribution is 2.41. The number of carbonyl (C=O) groups is 1. The molecule has 0 radical (unpaired) electrons. The van der Waals surface area contributed by atoms with Crippen LogP contribution in [-0.2, 0) is 9.53 Å². The molecule has 148 valence electrons. The van der Waals surface area contributed by atoms with Crippen LogP contribution in [0.2, 0.25) is 0 Å². The zero-order valence-corrected chi connectivity index (χ0v) is 16.4. The zero-order chi connectivity index (χ0) is 20.0. The van der Waals surface area contributed by atoms with Crippen LogP contribution in [0.5, 0.6) is 0 Å². The summed E-state index contributed by atoms with van der Waals surface area (Å²) in [6.45, 7) is 3.57. The number of fused-ring (bicyclic) bond motifs is 3. The zero-order valence-electron chi connectivity index (χ0n) is 16.4. The van der Waals surface area contributed by atoms with Crippen molar-refractivity contribution in [2.24, 2.45) is 0 Å². The lowest BCUT2D eigenvalue weighted by atomic mass is 9.89. The van der Waals surface area contributed by atoms with E-state index in [-0.39, 0.29) is 5.91 Å². The average molecular weight is 390 g/mol. The first-order chi connectivity index (χ1) is 14.2. The first kappa shape index (κ1) is 17.8. The minimum absolute atomic E-state index is 0.0242. The molecule has 0 aliphatic carbocycles. The molecule has 1 aromatic carbocycles. The van der Waals surface area contributed by atoms with Gasteiger partial charge in [0.25, 0.3) is 5.91 Å². The number of rotatable bonds is 3. The van der Waals surface area contributed by atoms with Crippen molar-refractivity contribution in [1.82, 2.24) is 19.5 Å². The Hall–Kier alpha value is -3.26. The Morgan fingerprint density at radius 2 is 2.03 bits per heavy atom. The molecule has 1 atom stereocenters. The lowest BCUT2D eigenvalue weighted by molar-refractivity contribution is -0.128. The summed E-state index contributed by atoms with van der Waals surface area (Å²) in [6.07, 6.45) is 5.97. The van der Waals surface area contributed by atoms with Crippen molar-refractivity contribution in [2.45, 2.75) is 18.9 Å². The van der Waals surface area contributed by atoms with Crippen molar-refractivity contribution in [1.29, 1.82) is 0 Å². The molecule has 3 aromatic rings. The van der Waals surface area contributed by atoms with Gasteiger partial charge in [-0.25, -0.2) is 9.97 Å². The van der Waals surface area contributed by atoms with Gasteiger partial charge in [-0.1, -0.05) is 37.3 Å². The molecule has 2 aliphatic rings. The summed E-state index contributed by atoms with van der Waals surface area (Å²) < 4.78 is 7.57. The fraction of sp³-hybridized carbons (Fsp3) is 0.333. The summed E-state index contributed by atoms with van der Waals surface area (Å²) in [4.78, 5) is 30.9. The van der Waals surface area contributed by atoms with E-state index in [1.165, 1.54) is 0 Å². The van der Waals surface area contributed by atoms with E-state index in [0.717, 1.165) is 17.2 Å². The summed E-state index contributed by atoms with van der Waals surface area (Å²) in [5, 5.41) is 0. The number of hydrogen-bond acceptors (Lipinski definition) is 6. The van der Waals surface area contributed by atoms with Gasteiger partial charge in [-0.3, -0.25) is 9.36 Å². The van der Waals surface area contributed by atoms with E-state index in [1.54, 1.807) is 24.3 Å². The molecule has 1 unspecified atom stereocenters. The number of likely N-dealkylation sites (N-methyl/N-ethyl adjacent to an activating group) is 1. The highest BCUT2D eigenvalue weighted by atomic mass is 16.5. The number of amides is 1. The van der Waals surface area contributed by atoms with E-state index in [4.69, 9.17) is 9.72 Å². The molecule has 1 saturated heterocycles. The summed E-state index contributed by atoms with van der Waals surface area (Å²) in [5.74, 6) is 2.08. The van der Waals surface area contributed by atoms with Gasteiger partial charge >= 0.3 is 0 Å². The Balaban J connectivity index is 1.65. The molecule has 8 heteroatoms. The second kappa shape index (κ2) is 6.66. The van der Waals surface area contributed by atoms with Gasteiger partial charge in [-0.2, -0.15) is 4.98 Å². The fourth-order valence-corrected chi connectivity index (χ4v) is 4.21. The second-order valence-corrected chi connectivity index (χ2v) is 7.32. The molecular weight excluding hydrogens is 368 g/mol. The third kappa shape index (κ3) is 2.56. The molecule has 8 nitrogen and oxygen atoms in total. The van der Waals surface area contributed by atoms with Crippen LogP contribution in [-0.4, -0.2) is 57.8 Å². The lowest BCUT2D eigenvalue weighted by Crippen LogP contribution is -2.68. The minimum Gasteiger partial charge on any atom is -0.377 e. The van der Waals surface area contributed by atoms with Crippen molar-refractivity contribution in [3.63, 3.8) is 0 Å². The van der Waals surface area contributed by atoms with E-state index in [2.05, 4.69) is 14.9 Å². The number of hydrogen-bond donors (Lipinski definition) is 0. The van der Waals surface area contributed by atoms with E-state index < -0.39 is 5.54 Å². The van der Waals surface area contributed by atoms with Crippen molar-refractivity contribution in [3.8, 4) is 17.3 Å². The maximum Gasteiger partial charge on any atom is 0.255 e. The van der Waals surface area contributed by atoms with Crippen molar-refractivity contribution in [3.05, 3.63) is 48.9 Å². The molecular formula is C21H22N6O2. The first-order valence-corrected chi connectivity index (χ1v) is 9.75. The summed E-state index contributed by atoms with van der Waals surface area (Å²) >= 11 is 0. The molecule has 0 bridgehead atoms. The standard InChI is InChI=1S/C21H22N6O2/c1-3-21-14-29-12-11-27(21)18-16(25(2)19(21)28)13-23-20(24-18)26-10-9-22-17(26)15-7-5-4-6-8-15/h4-10,13H,3,11-12,14H2,1-2H3. The van der Waals surface area contributed by atoms with E-state index >= 15 is 0 Å². The molecule has 0 N–H and O–H groups in total. The van der Waals surface area contributed by atoms with Crippen molar-refractivity contribution >= 4 is 17.4 Å². The van der Waals surface area contributed by atoms with Crippen molar-refractivity contribution in [2.75, 3.05) is 36.6 Å². The number of anilines is 2. The van der Waals surface area contributed by atoms with Crippen LogP contribution in [0.15, 0.2) is 48.9 Å². The number of carbonyl (C=O) groups excluding carboxylic acids is 1. The molecule has 29 heavy (non-hydrogen) atoms. The summed E-state index contributed by atoms with van der Waals surface area (Å²) in [7, 11) is 1.78. The van der Waals surface area contributed by atoms with Crippen molar-refractivity contribution < 1.29 is 9.53 Å². The molecule has 2 aliphatic heterocycles. The van der Waals surface area contributed by atoms with Crippen LogP contribution in [0, 0.1) is 0 Å². The topological polar surface area (TPSA) is 76.4 Å². The fourth-order valence-electron chi connectivity index (χ4n) is 4.21. The maximum absolute atomic E-state index is 13.2. The monoisotopic (exact) mass is 390 g/mol. The largest absolute Gasteiger partial charge is 0.377 e. The number of nitrogens with zero attached hydrogens (tertiary/aromatic N) is 6. The first-order valence-electron chi connectivity index (χ1n) is 9.75. The quantitative estimate of drug-likeness (QED) is 0.683. The van der Waals surface area contributed by atoms with E-state index in [0.29, 0.717) is 37.8 Å². The van der Waals surface area contributed by atoms with Gasteiger partial charge in [0.15, 0.2) is 5.82 Å². The Bertz CT molecular complexity index is 1070. The lowest BCUT2D eigenvalue weighted by Gasteiger charge is -2.51. The van der Waals surface area contributed by atoms with Gasteiger partial charge in [0.2, 0.25) is 5.95 Å². The molecule has 4 heterocycles. The van der Waals surface area contributed by atoms with Crippen LogP contribution in [0.4, 0.5) is 11.5 Å². The molecule has 1 fully saturated rings. The van der Waals surface area contributed by atoms with Gasteiger partial charge in [-0.15, -0.1) is 0 Å². The van der Waals surface area contributed by atoms with Gasteiger partial charge in [0.1, 0.15) is 17.1 Å². The van der Waals surface area contributed by atoms with Crippen LogP contribution in [0.25, 0.3) is 17.3 Å². The average Bonchev–Trinajstić information content (AvgIpc) is 3.27. The number of aromatic nitrogens is 4. The van der Waals surface area contributed by atoms with Crippen LogP contribution >= 0.6 is 0 Å². The van der Waals surface area contributed by atoms with Gasteiger partial charge < -0.3 is 14.5 Å². The molecule has 1 amide bonds. The van der Waals surface area contributed by atoms with Crippen LogP contribution in [0.1, 0.15) is 13.3 Å². The Morgan fingerprint density at radius 1 is 1.21 bits per heavy atom. The molecule has 0 spiro atoms.